The van der Waals surface area contributed by atoms with Crippen LogP contribution in [0.25, 0.3) is 21.8 Å². The number of likely N-dealkylation sites (tertiary alicyclic amines) is 2. The van der Waals surface area contributed by atoms with Crippen molar-refractivity contribution in [3.05, 3.63) is 107 Å². The molecule has 2 saturated heterocycles. The van der Waals surface area contributed by atoms with E-state index in [9.17, 15) is 19.2 Å². The molecule has 7 rings (SSSR count). The monoisotopic (exact) mass is 692 g/mol. The number of benzene rings is 3. The van der Waals surface area contributed by atoms with E-state index < -0.39 is 12.0 Å². The average Bonchev–Trinajstić information content (AvgIpc) is 3.87. The van der Waals surface area contributed by atoms with Gasteiger partial charge in [-0.25, -0.2) is 0 Å². The molecule has 4 atom stereocenters. The average molecular weight is 693 g/mol. The van der Waals surface area contributed by atoms with Gasteiger partial charge in [-0.3, -0.25) is 19.2 Å². The van der Waals surface area contributed by atoms with E-state index in [4.69, 9.17) is 11.6 Å². The van der Waals surface area contributed by atoms with Crippen LogP contribution in [-0.4, -0.2) is 82.7 Å². The Hall–Kier alpha value is -5.09. The Morgan fingerprint density at radius 2 is 1.68 bits per heavy atom. The van der Waals surface area contributed by atoms with Crippen molar-refractivity contribution in [3.63, 3.8) is 0 Å². The van der Waals surface area contributed by atoms with E-state index in [1.807, 2.05) is 66.9 Å². The Kier molecular flexibility index (Phi) is 9.63. The molecule has 2 fully saturated rings. The van der Waals surface area contributed by atoms with E-state index in [1.54, 1.807) is 22.9 Å². The molecule has 4 heterocycles. The largest absolute Gasteiger partial charge is 0.361 e. The highest BCUT2D eigenvalue weighted by Crippen LogP contribution is 2.37. The van der Waals surface area contributed by atoms with E-state index in [0.29, 0.717) is 43.2 Å². The van der Waals surface area contributed by atoms with Crippen LogP contribution in [0.1, 0.15) is 34.5 Å². The maximum Gasteiger partial charge on any atom is 0.270 e. The zero-order valence-electron chi connectivity index (χ0n) is 28.0. The molecule has 0 spiro atoms. The Bertz CT molecular complexity index is 2010. The van der Waals surface area contributed by atoms with Gasteiger partial charge in [0.2, 0.25) is 17.7 Å². The Morgan fingerprint density at radius 1 is 0.900 bits per heavy atom. The van der Waals surface area contributed by atoms with Crippen molar-refractivity contribution in [2.24, 2.45) is 17.8 Å². The molecule has 4 amide bonds. The van der Waals surface area contributed by atoms with Gasteiger partial charge in [0.15, 0.2) is 0 Å². The number of H-pyrrole nitrogens is 2. The van der Waals surface area contributed by atoms with Crippen LogP contribution in [0.4, 0.5) is 0 Å². The van der Waals surface area contributed by atoms with Crippen LogP contribution in [0.5, 0.6) is 0 Å². The minimum Gasteiger partial charge on any atom is -0.361 e. The third-order valence-corrected chi connectivity index (χ3v) is 10.6. The maximum atomic E-state index is 14.2. The number of carbonyl (C=O) groups excluding carboxylic acids is 4. The zero-order chi connectivity index (χ0) is 34.8. The molecule has 0 bridgehead atoms. The van der Waals surface area contributed by atoms with Crippen LogP contribution in [0, 0.1) is 17.8 Å². The summed E-state index contributed by atoms with van der Waals surface area (Å²) >= 11 is 6.18. The number of piperidine rings is 1. The molecule has 2 aromatic heterocycles. The van der Waals surface area contributed by atoms with Crippen LogP contribution >= 0.6 is 11.6 Å². The molecule has 0 saturated carbocycles. The van der Waals surface area contributed by atoms with Gasteiger partial charge in [-0.1, -0.05) is 66.2 Å². The molecule has 2 aliphatic rings. The lowest BCUT2D eigenvalue weighted by atomic mass is 9.79. The summed E-state index contributed by atoms with van der Waals surface area (Å²) in [5.41, 5.74) is 4.25. The predicted octanol–water partition coefficient (Wildman–Crippen LogP) is 4.95. The van der Waals surface area contributed by atoms with E-state index in [-0.39, 0.29) is 48.4 Å². The van der Waals surface area contributed by atoms with Crippen LogP contribution in [0.15, 0.2) is 85.1 Å². The molecule has 50 heavy (non-hydrogen) atoms. The van der Waals surface area contributed by atoms with E-state index in [0.717, 1.165) is 33.8 Å². The van der Waals surface area contributed by atoms with Gasteiger partial charge in [-0.2, -0.15) is 0 Å². The minimum absolute atomic E-state index is 0.0943. The molecule has 4 N–H and O–H groups in total. The highest BCUT2D eigenvalue weighted by molar-refractivity contribution is 6.31. The molecule has 258 valence electrons. The number of nitrogens with one attached hydrogen (secondary N) is 4. The van der Waals surface area contributed by atoms with Gasteiger partial charge < -0.3 is 30.4 Å². The summed E-state index contributed by atoms with van der Waals surface area (Å²) in [5.74, 6) is -1.62. The fourth-order valence-electron chi connectivity index (χ4n) is 7.74. The standard InChI is InChI=1S/C39H41ClN6O4/c1-41-38(49)33(13-7-10-24-8-3-2-4-9-24)44-37(48)31-23-45(36(47)17-26-19-42-34-18-28(40)14-15-29(26)34)20-27-21-46(22-30(27)31)39(50)35-16-25-11-5-6-12-32(25)43-35/h2-6,8-9,11-12,14-16,18-19,27,30-31,33,42-43H,7,10,13,17,20-23H2,1H3,(H,41,49)(H,44,48)/t27?,30?,31?,33-/m0/s1. The van der Waals surface area contributed by atoms with Gasteiger partial charge in [0, 0.05) is 66.3 Å². The summed E-state index contributed by atoms with van der Waals surface area (Å²) in [6, 6.07) is 24.5. The lowest BCUT2D eigenvalue weighted by molar-refractivity contribution is -0.140. The molecule has 3 unspecified atom stereocenters. The molecule has 10 nitrogen and oxygen atoms in total. The van der Waals surface area contributed by atoms with E-state index in [1.165, 1.54) is 5.56 Å². The number of likely N-dealkylation sites (N-methyl/N-ethyl adjacent to an activating group) is 1. The second-order valence-electron chi connectivity index (χ2n) is 13.5. The lowest BCUT2D eigenvalue weighted by Crippen LogP contribution is -2.56. The zero-order valence-corrected chi connectivity index (χ0v) is 28.7. The second-order valence-corrected chi connectivity index (χ2v) is 14.0. The molecular formula is C39H41ClN6O4. The Balaban J connectivity index is 1.11. The summed E-state index contributed by atoms with van der Waals surface area (Å²) in [6.45, 7) is 1.46. The molecule has 2 aliphatic heterocycles. The van der Waals surface area contributed by atoms with Crippen molar-refractivity contribution in [3.8, 4) is 0 Å². The normalized spacial score (nSPS) is 19.4. The number of hydrogen-bond acceptors (Lipinski definition) is 4. The molecule has 11 heteroatoms. The molecule has 0 aliphatic carbocycles. The van der Waals surface area contributed by atoms with Crippen molar-refractivity contribution >= 4 is 57.0 Å². The summed E-state index contributed by atoms with van der Waals surface area (Å²) in [7, 11) is 1.57. The highest BCUT2D eigenvalue weighted by Gasteiger charge is 2.48. The first kappa shape index (κ1) is 33.4. The highest BCUT2D eigenvalue weighted by atomic mass is 35.5. The number of amides is 4. The molecule has 5 aromatic rings. The Morgan fingerprint density at radius 3 is 2.48 bits per heavy atom. The summed E-state index contributed by atoms with van der Waals surface area (Å²) in [6.07, 6.45) is 3.96. The number of aromatic nitrogens is 2. The number of rotatable bonds is 10. The third-order valence-electron chi connectivity index (χ3n) is 10.4. The van der Waals surface area contributed by atoms with Crippen LogP contribution < -0.4 is 10.6 Å². The summed E-state index contributed by atoms with van der Waals surface area (Å²) in [5, 5.41) is 8.23. The summed E-state index contributed by atoms with van der Waals surface area (Å²) < 4.78 is 0. The van der Waals surface area contributed by atoms with Crippen molar-refractivity contribution < 1.29 is 19.2 Å². The maximum absolute atomic E-state index is 14.2. The number of fused-ring (bicyclic) bond motifs is 3. The predicted molar refractivity (Wildman–Crippen MR) is 194 cm³/mol. The van der Waals surface area contributed by atoms with Crippen LogP contribution in [-0.2, 0) is 27.2 Å². The molecular weight excluding hydrogens is 652 g/mol. The van der Waals surface area contributed by atoms with Crippen molar-refractivity contribution in [1.82, 2.24) is 30.4 Å². The Labute approximate surface area is 295 Å². The second kappa shape index (κ2) is 14.4. The number of aromatic amines is 2. The number of nitrogens with zero attached hydrogens (tertiary/aromatic N) is 2. The van der Waals surface area contributed by atoms with E-state index >= 15 is 0 Å². The first-order valence-electron chi connectivity index (χ1n) is 17.2. The SMILES string of the molecule is CNC(=O)[C@H](CCCc1ccccc1)NC(=O)C1CN(C(=O)Cc2c[nH]c3cc(Cl)ccc23)CC2CN(C(=O)c3cc4ccccc4[nH]3)CC21. The van der Waals surface area contributed by atoms with Gasteiger partial charge in [-0.05, 0) is 66.5 Å². The quantitative estimate of drug-likeness (QED) is 0.165. The van der Waals surface area contributed by atoms with Crippen LogP contribution in [0.2, 0.25) is 5.02 Å². The number of aryl methyl sites for hydroxylation is 1. The smallest absolute Gasteiger partial charge is 0.270 e. The molecule has 0 radical (unpaired) electrons. The van der Waals surface area contributed by atoms with Crippen molar-refractivity contribution in [2.75, 3.05) is 33.2 Å². The summed E-state index contributed by atoms with van der Waals surface area (Å²) in [4.78, 5) is 64.9. The number of para-hydroxylation sites is 1. The van der Waals surface area contributed by atoms with Crippen molar-refractivity contribution in [2.45, 2.75) is 31.7 Å². The van der Waals surface area contributed by atoms with Crippen molar-refractivity contribution in [1.29, 1.82) is 0 Å². The van der Waals surface area contributed by atoms with Gasteiger partial charge in [-0.15, -0.1) is 0 Å². The van der Waals surface area contributed by atoms with Gasteiger partial charge >= 0.3 is 0 Å². The number of halogens is 1. The van der Waals surface area contributed by atoms with Gasteiger partial charge in [0.1, 0.15) is 11.7 Å². The third kappa shape index (κ3) is 6.98. The lowest BCUT2D eigenvalue weighted by Gasteiger charge is -2.40. The van der Waals surface area contributed by atoms with Gasteiger partial charge in [0.25, 0.3) is 5.91 Å². The number of carbonyl (C=O) groups is 4. The topological polar surface area (TPSA) is 130 Å². The van der Waals surface area contributed by atoms with Crippen LogP contribution in [0.3, 0.4) is 0 Å². The molecule has 3 aromatic carbocycles. The first-order chi connectivity index (χ1) is 24.3. The number of hydrogen-bond donors (Lipinski definition) is 4. The first-order valence-corrected chi connectivity index (χ1v) is 17.6. The van der Waals surface area contributed by atoms with Gasteiger partial charge in [0.05, 0.1) is 12.3 Å². The fraction of sp³-hybridized carbons (Fsp3) is 0.333. The minimum atomic E-state index is -0.718. The fourth-order valence-corrected chi connectivity index (χ4v) is 7.91. The van der Waals surface area contributed by atoms with E-state index in [2.05, 4.69) is 32.7 Å².